The minimum atomic E-state index is -6.39. The monoisotopic (exact) mass is 408 g/mol. The van der Waals surface area contributed by atoms with Crippen molar-refractivity contribution in [2.75, 3.05) is 5.75 Å². The number of esters is 1. The Morgan fingerprint density at radius 1 is 1.12 bits per heavy atom. The fourth-order valence-electron chi connectivity index (χ4n) is 1.72. The first-order chi connectivity index (χ1) is 11.6. The van der Waals surface area contributed by atoms with Gasteiger partial charge in [-0.3, -0.25) is 4.55 Å². The Kier molecular flexibility index (Phi) is 5.98. The van der Waals surface area contributed by atoms with Crippen molar-refractivity contribution >= 4 is 22.2 Å². The van der Waals surface area contributed by atoms with Crippen LogP contribution in [0.3, 0.4) is 0 Å². The van der Waals surface area contributed by atoms with Crippen molar-refractivity contribution in [3.8, 4) is 5.75 Å². The van der Waals surface area contributed by atoms with Gasteiger partial charge in [0.05, 0.1) is 0 Å². The fourth-order valence-corrected chi connectivity index (χ4v) is 2.62. The minimum absolute atomic E-state index is 0.0290. The fraction of sp³-hybridized carbons (Fsp3) is 0.308. The zero-order valence-corrected chi connectivity index (χ0v) is 13.2. The van der Waals surface area contributed by atoms with Gasteiger partial charge in [-0.05, 0) is 23.8 Å². The molecule has 0 atom stereocenters. The van der Waals surface area contributed by atoms with Crippen molar-refractivity contribution in [1.82, 2.24) is 0 Å². The van der Waals surface area contributed by atoms with Crippen LogP contribution in [0.1, 0.15) is 5.56 Å². The zero-order valence-electron chi connectivity index (χ0n) is 12.4. The highest BCUT2D eigenvalue weighted by molar-refractivity contribution is 7.85. The van der Waals surface area contributed by atoms with E-state index in [2.05, 4.69) is 4.74 Å². The number of aromatic hydroxyl groups is 1. The van der Waals surface area contributed by atoms with Crippen LogP contribution in [0.15, 0.2) is 30.3 Å². The summed E-state index contributed by atoms with van der Waals surface area (Å²) in [6, 6.07) is 4.76. The molecule has 6 nitrogen and oxygen atoms in total. The Morgan fingerprint density at radius 2 is 1.65 bits per heavy atom. The third-order valence-electron chi connectivity index (χ3n) is 2.86. The molecule has 0 aliphatic carbocycles. The molecule has 0 aromatic heterocycles. The van der Waals surface area contributed by atoms with Crippen molar-refractivity contribution in [2.24, 2.45) is 0 Å². The second kappa shape index (κ2) is 7.15. The number of halogens is 6. The average molecular weight is 408 g/mol. The van der Waals surface area contributed by atoms with E-state index in [1.807, 2.05) is 0 Å². The molecule has 0 fully saturated rings. The van der Waals surface area contributed by atoms with Crippen molar-refractivity contribution < 1.29 is 54.0 Å². The predicted octanol–water partition coefficient (Wildman–Crippen LogP) is 2.70. The predicted molar refractivity (Wildman–Crippen MR) is 74.5 cm³/mol. The van der Waals surface area contributed by atoms with Crippen LogP contribution in [0, 0.1) is 0 Å². The number of hydrogen-bond donors (Lipinski definition) is 2. The maximum absolute atomic E-state index is 12.9. The summed E-state index contributed by atoms with van der Waals surface area (Å²) in [7, 11) is -5.84. The van der Waals surface area contributed by atoms with E-state index in [4.69, 9.17) is 9.66 Å². The SMILES string of the molecule is O=C(/C=C/c1cccc(O)c1)OC(CS(=O)(=O)O)(C(F)(F)F)C(F)(F)F. The number of alkyl halides is 6. The van der Waals surface area contributed by atoms with E-state index < -0.39 is 39.8 Å². The van der Waals surface area contributed by atoms with Gasteiger partial charge in [-0.1, -0.05) is 12.1 Å². The molecule has 2 N–H and O–H groups in total. The lowest BCUT2D eigenvalue weighted by Crippen LogP contribution is -2.63. The van der Waals surface area contributed by atoms with E-state index in [1.54, 1.807) is 0 Å². The summed E-state index contributed by atoms with van der Waals surface area (Å²) in [4.78, 5) is 11.4. The van der Waals surface area contributed by atoms with Crippen LogP contribution in [0.25, 0.3) is 6.08 Å². The van der Waals surface area contributed by atoms with Crippen LogP contribution < -0.4 is 0 Å². The Labute approximate surface area is 142 Å². The standard InChI is InChI=1S/C13H10F6O6S/c14-12(15,16)11(13(17,18)19,7-26(22,23)24)25-10(21)5-4-8-2-1-3-9(20)6-8/h1-6,20H,7H2,(H,22,23,24)/b5-4+. The van der Waals surface area contributed by atoms with Gasteiger partial charge in [0.1, 0.15) is 11.5 Å². The van der Waals surface area contributed by atoms with Crippen molar-refractivity contribution in [1.29, 1.82) is 0 Å². The molecule has 0 aliphatic rings. The molecule has 26 heavy (non-hydrogen) atoms. The van der Waals surface area contributed by atoms with Crippen LogP contribution in [0.5, 0.6) is 5.75 Å². The summed E-state index contributed by atoms with van der Waals surface area (Å²) >= 11 is 0. The summed E-state index contributed by atoms with van der Waals surface area (Å²) in [6.07, 6.45) is -11.9. The highest BCUT2D eigenvalue weighted by Crippen LogP contribution is 2.46. The molecule has 0 heterocycles. The molecule has 0 saturated heterocycles. The summed E-state index contributed by atoms with van der Waals surface area (Å²) in [5.41, 5.74) is -5.44. The van der Waals surface area contributed by atoms with E-state index in [0.717, 1.165) is 12.1 Å². The first-order valence-corrected chi connectivity index (χ1v) is 7.97. The van der Waals surface area contributed by atoms with E-state index in [1.165, 1.54) is 18.2 Å². The minimum Gasteiger partial charge on any atom is -0.508 e. The van der Waals surface area contributed by atoms with Gasteiger partial charge in [0.2, 0.25) is 0 Å². The van der Waals surface area contributed by atoms with E-state index in [9.17, 15) is 39.6 Å². The molecule has 0 radical (unpaired) electrons. The zero-order chi connectivity index (χ0) is 20.4. The molecular formula is C13H10F6O6S. The number of phenols is 1. The largest absolute Gasteiger partial charge is 0.508 e. The smallest absolute Gasteiger partial charge is 0.438 e. The van der Waals surface area contributed by atoms with E-state index >= 15 is 0 Å². The van der Waals surface area contributed by atoms with Gasteiger partial charge < -0.3 is 9.84 Å². The molecular weight excluding hydrogens is 398 g/mol. The van der Waals surface area contributed by atoms with Gasteiger partial charge in [0.25, 0.3) is 10.1 Å². The number of rotatable bonds is 5. The van der Waals surface area contributed by atoms with E-state index in [0.29, 0.717) is 0 Å². The van der Waals surface area contributed by atoms with Gasteiger partial charge in [-0.2, -0.15) is 34.8 Å². The topological polar surface area (TPSA) is 101 Å². The number of phenolic OH excluding ortho intramolecular Hbond substituents is 1. The average Bonchev–Trinajstić information content (AvgIpc) is 2.40. The van der Waals surface area contributed by atoms with Gasteiger partial charge in [0, 0.05) is 6.08 Å². The molecule has 13 heteroatoms. The first-order valence-electron chi connectivity index (χ1n) is 6.36. The van der Waals surface area contributed by atoms with Gasteiger partial charge in [-0.25, -0.2) is 4.79 Å². The van der Waals surface area contributed by atoms with Crippen LogP contribution in [-0.2, 0) is 19.6 Å². The molecule has 0 saturated carbocycles. The van der Waals surface area contributed by atoms with Gasteiger partial charge in [0.15, 0.2) is 0 Å². The summed E-state index contributed by atoms with van der Waals surface area (Å²) in [5.74, 6) is -5.43. The van der Waals surface area contributed by atoms with Crippen molar-refractivity contribution in [2.45, 2.75) is 18.0 Å². The Bertz CT molecular complexity index is 782. The first kappa shape index (κ1) is 21.8. The number of ether oxygens (including phenoxy) is 1. The van der Waals surface area contributed by atoms with Crippen LogP contribution in [0.4, 0.5) is 26.3 Å². The van der Waals surface area contributed by atoms with Crippen LogP contribution in [0.2, 0.25) is 0 Å². The maximum Gasteiger partial charge on any atom is 0.438 e. The number of benzene rings is 1. The summed E-state index contributed by atoms with van der Waals surface area (Å²) < 4.78 is 111. The maximum atomic E-state index is 12.9. The Morgan fingerprint density at radius 3 is 2.08 bits per heavy atom. The highest BCUT2D eigenvalue weighted by Gasteiger charge is 2.75. The second-order valence-electron chi connectivity index (χ2n) is 4.90. The molecule has 0 unspecified atom stereocenters. The molecule has 1 rings (SSSR count). The molecule has 0 spiro atoms. The van der Waals surface area contributed by atoms with Crippen molar-refractivity contribution in [3.05, 3.63) is 35.9 Å². The van der Waals surface area contributed by atoms with Crippen LogP contribution >= 0.6 is 0 Å². The lowest BCUT2D eigenvalue weighted by atomic mass is 10.1. The quantitative estimate of drug-likeness (QED) is 0.336. The Balaban J connectivity index is 3.25. The number of carbonyl (C=O) groups is 1. The molecule has 146 valence electrons. The molecule has 0 aliphatic heterocycles. The highest BCUT2D eigenvalue weighted by atomic mass is 32.2. The normalized spacial score (nSPS) is 13.8. The lowest BCUT2D eigenvalue weighted by molar-refractivity contribution is -0.360. The molecule has 1 aromatic rings. The summed E-state index contributed by atoms with van der Waals surface area (Å²) in [5, 5.41) is 9.16. The van der Waals surface area contributed by atoms with Gasteiger partial charge >= 0.3 is 23.9 Å². The van der Waals surface area contributed by atoms with E-state index in [-0.39, 0.29) is 17.4 Å². The van der Waals surface area contributed by atoms with Gasteiger partial charge in [-0.15, -0.1) is 0 Å². The summed E-state index contributed by atoms with van der Waals surface area (Å²) in [6.45, 7) is 0. The Hall–Kier alpha value is -2.28. The van der Waals surface area contributed by atoms with Crippen molar-refractivity contribution in [3.63, 3.8) is 0 Å². The molecule has 1 aromatic carbocycles. The second-order valence-corrected chi connectivity index (χ2v) is 6.35. The third-order valence-corrected chi connectivity index (χ3v) is 3.63. The van der Waals surface area contributed by atoms with Crippen LogP contribution in [-0.4, -0.2) is 47.8 Å². The number of carbonyl (C=O) groups excluding carboxylic acids is 1. The lowest BCUT2D eigenvalue weighted by Gasteiger charge is -2.35. The molecule has 0 bridgehead atoms. The number of hydrogen-bond acceptors (Lipinski definition) is 5. The molecule has 0 amide bonds. The third kappa shape index (κ3) is 5.36.